The van der Waals surface area contributed by atoms with E-state index in [4.69, 9.17) is 23.8 Å². The first-order valence-electron chi connectivity index (χ1n) is 9.75. The number of benzene rings is 3. The van der Waals surface area contributed by atoms with E-state index in [0.29, 0.717) is 19.9 Å². The Morgan fingerprint density at radius 1 is 0.968 bits per heavy atom. The number of halogens is 1. The number of hydrogen-bond donors (Lipinski definition) is 0. The van der Waals surface area contributed by atoms with Crippen molar-refractivity contribution in [1.29, 1.82) is 0 Å². The maximum atomic E-state index is 13.2. The van der Waals surface area contributed by atoms with Crippen molar-refractivity contribution in [2.45, 2.75) is 6.54 Å². The van der Waals surface area contributed by atoms with E-state index in [2.05, 4.69) is 35.0 Å². The third-order valence-electron chi connectivity index (χ3n) is 5.16. The first kappa shape index (κ1) is 20.1. The molecule has 0 aliphatic carbocycles. The summed E-state index contributed by atoms with van der Waals surface area (Å²) in [5.74, 6) is -0.128. The van der Waals surface area contributed by atoms with Gasteiger partial charge < -0.3 is 4.57 Å². The summed E-state index contributed by atoms with van der Waals surface area (Å²) >= 11 is 12.9. The third kappa shape index (κ3) is 3.92. The average molecular weight is 461 g/mol. The molecule has 6 heteroatoms. The number of carbonyl (C=O) groups is 1. The van der Waals surface area contributed by atoms with Crippen molar-refractivity contribution in [1.82, 2.24) is 4.57 Å². The highest BCUT2D eigenvalue weighted by molar-refractivity contribution is 8.27. The Morgan fingerprint density at radius 2 is 1.74 bits per heavy atom. The van der Waals surface area contributed by atoms with E-state index < -0.39 is 0 Å². The largest absolute Gasteiger partial charge is 0.342 e. The molecule has 0 radical (unpaired) electrons. The Morgan fingerprint density at radius 3 is 2.55 bits per heavy atom. The molecule has 1 saturated heterocycles. The summed E-state index contributed by atoms with van der Waals surface area (Å²) in [6.07, 6.45) is 4.04. The second kappa shape index (κ2) is 8.35. The van der Waals surface area contributed by atoms with Gasteiger partial charge in [0.25, 0.3) is 5.91 Å². The Bertz CT molecular complexity index is 1340. The van der Waals surface area contributed by atoms with Gasteiger partial charge in [-0.15, -0.1) is 0 Å². The molecule has 0 saturated carbocycles. The van der Waals surface area contributed by atoms with Crippen LogP contribution in [0.1, 0.15) is 11.1 Å². The monoisotopic (exact) mass is 460 g/mol. The second-order valence-electron chi connectivity index (χ2n) is 7.21. The van der Waals surface area contributed by atoms with Gasteiger partial charge in [0.1, 0.15) is 0 Å². The van der Waals surface area contributed by atoms with Crippen molar-refractivity contribution in [3.05, 3.63) is 106 Å². The van der Waals surface area contributed by atoms with Gasteiger partial charge in [-0.3, -0.25) is 9.69 Å². The minimum atomic E-state index is -0.128. The van der Waals surface area contributed by atoms with Crippen LogP contribution >= 0.6 is 35.6 Å². The highest BCUT2D eigenvalue weighted by Crippen LogP contribution is 2.37. The first-order valence-corrected chi connectivity index (χ1v) is 11.4. The lowest BCUT2D eigenvalue weighted by Crippen LogP contribution is -2.27. The Balaban J connectivity index is 1.53. The molecular weight excluding hydrogens is 444 g/mol. The van der Waals surface area contributed by atoms with Crippen molar-refractivity contribution in [3.8, 4) is 0 Å². The van der Waals surface area contributed by atoms with Gasteiger partial charge in [0, 0.05) is 34.2 Å². The highest BCUT2D eigenvalue weighted by Gasteiger charge is 2.33. The van der Waals surface area contributed by atoms with Crippen molar-refractivity contribution >= 4 is 68.5 Å². The molecule has 152 valence electrons. The fourth-order valence-electron chi connectivity index (χ4n) is 3.75. The lowest BCUT2D eigenvalue weighted by Gasteiger charge is -2.14. The van der Waals surface area contributed by atoms with Crippen LogP contribution < -0.4 is 4.90 Å². The molecule has 31 heavy (non-hydrogen) atoms. The van der Waals surface area contributed by atoms with E-state index in [-0.39, 0.29) is 5.91 Å². The third-order valence-corrected chi connectivity index (χ3v) is 6.70. The van der Waals surface area contributed by atoms with Crippen LogP contribution in [0.2, 0.25) is 5.02 Å². The Kier molecular flexibility index (Phi) is 5.40. The van der Waals surface area contributed by atoms with Gasteiger partial charge in [-0.25, -0.2) is 0 Å². The van der Waals surface area contributed by atoms with Crippen LogP contribution in [0, 0.1) is 0 Å². The van der Waals surface area contributed by atoms with Crippen molar-refractivity contribution in [3.63, 3.8) is 0 Å². The summed E-state index contributed by atoms with van der Waals surface area (Å²) < 4.78 is 2.72. The van der Waals surface area contributed by atoms with Crippen molar-refractivity contribution in [2.75, 3.05) is 4.90 Å². The van der Waals surface area contributed by atoms with Crippen LogP contribution in [0.3, 0.4) is 0 Å². The molecule has 1 amide bonds. The molecule has 0 spiro atoms. The van der Waals surface area contributed by atoms with Crippen LogP contribution in [0.15, 0.2) is 90.0 Å². The predicted octanol–water partition coefficient (Wildman–Crippen LogP) is 6.75. The zero-order chi connectivity index (χ0) is 21.4. The van der Waals surface area contributed by atoms with Crippen LogP contribution in [0.5, 0.6) is 0 Å². The number of nitrogens with zero attached hydrogens (tertiary/aromatic N) is 2. The fraction of sp³-hybridized carbons (Fsp3) is 0.0400. The number of carbonyl (C=O) groups excluding carboxylic acids is 1. The van der Waals surface area contributed by atoms with Gasteiger partial charge in [-0.1, -0.05) is 90.2 Å². The van der Waals surface area contributed by atoms with Crippen LogP contribution in [-0.2, 0) is 11.3 Å². The number of anilines is 1. The fourth-order valence-corrected chi connectivity index (χ4v) is 5.22. The van der Waals surface area contributed by atoms with E-state index >= 15 is 0 Å². The number of aromatic nitrogens is 1. The minimum absolute atomic E-state index is 0.128. The van der Waals surface area contributed by atoms with Crippen molar-refractivity contribution < 1.29 is 4.79 Å². The maximum Gasteiger partial charge on any atom is 0.270 e. The van der Waals surface area contributed by atoms with Gasteiger partial charge in [0.15, 0.2) is 4.32 Å². The standard InChI is InChI=1S/C25H17ClN2OS2/c26-19-9-6-10-20(14-19)28-24(29)23(31-25(28)30)13-18-16-27(15-17-7-2-1-3-8-17)22-12-5-4-11-21(18)22/h1-14,16H,15H2/b23-13+. The molecule has 1 aliphatic rings. The molecule has 1 aromatic heterocycles. The molecule has 3 nitrogen and oxygen atoms in total. The van der Waals surface area contributed by atoms with Gasteiger partial charge >= 0.3 is 0 Å². The van der Waals surface area contributed by atoms with E-state index in [9.17, 15) is 4.79 Å². The molecule has 3 aromatic carbocycles. The van der Waals surface area contributed by atoms with Gasteiger partial charge in [-0.2, -0.15) is 0 Å². The van der Waals surface area contributed by atoms with E-state index in [1.54, 1.807) is 17.0 Å². The number of para-hydroxylation sites is 1. The Hall–Kier alpha value is -2.86. The normalized spacial score (nSPS) is 15.4. The van der Waals surface area contributed by atoms with Gasteiger partial charge in [-0.05, 0) is 35.9 Å². The van der Waals surface area contributed by atoms with E-state index in [1.165, 1.54) is 17.3 Å². The van der Waals surface area contributed by atoms with Crippen molar-refractivity contribution in [2.24, 2.45) is 0 Å². The zero-order valence-corrected chi connectivity index (χ0v) is 18.8. The molecule has 4 aromatic rings. The minimum Gasteiger partial charge on any atom is -0.342 e. The zero-order valence-electron chi connectivity index (χ0n) is 16.4. The number of rotatable bonds is 4. The smallest absolute Gasteiger partial charge is 0.270 e. The number of hydrogen-bond acceptors (Lipinski definition) is 3. The number of thiocarbonyl (C=S) groups is 1. The number of amides is 1. The summed E-state index contributed by atoms with van der Waals surface area (Å²) in [6, 6.07) is 25.8. The molecule has 0 unspecified atom stereocenters. The lowest BCUT2D eigenvalue weighted by atomic mass is 10.1. The predicted molar refractivity (Wildman–Crippen MR) is 135 cm³/mol. The molecular formula is C25H17ClN2OS2. The summed E-state index contributed by atoms with van der Waals surface area (Å²) in [5.41, 5.74) is 4.04. The molecule has 0 N–H and O–H groups in total. The molecule has 0 atom stereocenters. The topological polar surface area (TPSA) is 25.2 Å². The summed E-state index contributed by atoms with van der Waals surface area (Å²) in [4.78, 5) is 15.3. The summed E-state index contributed by atoms with van der Waals surface area (Å²) in [5, 5.41) is 1.67. The quantitative estimate of drug-likeness (QED) is 0.249. The summed E-state index contributed by atoms with van der Waals surface area (Å²) in [6.45, 7) is 0.763. The molecule has 2 heterocycles. The van der Waals surface area contributed by atoms with E-state index in [1.807, 2.05) is 48.5 Å². The number of fused-ring (bicyclic) bond motifs is 1. The SMILES string of the molecule is O=C1/C(=C\c2cn(Cc3ccccc3)c3ccccc23)SC(=S)N1c1cccc(Cl)c1. The Labute approximate surface area is 194 Å². The van der Waals surface area contributed by atoms with Gasteiger partial charge in [0.2, 0.25) is 0 Å². The molecule has 5 rings (SSSR count). The molecule has 0 bridgehead atoms. The average Bonchev–Trinajstić information content (AvgIpc) is 3.25. The molecule has 1 aliphatic heterocycles. The van der Waals surface area contributed by atoms with E-state index in [0.717, 1.165) is 23.0 Å². The van der Waals surface area contributed by atoms with Crippen LogP contribution in [-0.4, -0.2) is 14.8 Å². The highest BCUT2D eigenvalue weighted by atomic mass is 35.5. The number of thioether (sulfide) groups is 1. The van der Waals surface area contributed by atoms with Crippen LogP contribution in [0.4, 0.5) is 5.69 Å². The van der Waals surface area contributed by atoms with Gasteiger partial charge in [0.05, 0.1) is 10.6 Å². The van der Waals surface area contributed by atoms with Crippen LogP contribution in [0.25, 0.3) is 17.0 Å². The maximum absolute atomic E-state index is 13.2. The summed E-state index contributed by atoms with van der Waals surface area (Å²) in [7, 11) is 0. The lowest BCUT2D eigenvalue weighted by molar-refractivity contribution is -0.113. The first-order chi connectivity index (χ1) is 15.1. The second-order valence-corrected chi connectivity index (χ2v) is 9.32. The molecule has 1 fully saturated rings.